The molecule has 88 valence electrons. The van der Waals surface area contributed by atoms with E-state index in [9.17, 15) is 0 Å². The number of hydrogen-bond acceptors (Lipinski definition) is 0. The first-order chi connectivity index (χ1) is 7.62. The van der Waals surface area contributed by atoms with Crippen LogP contribution in [0.3, 0.4) is 0 Å². The Balaban J connectivity index is 1.77. The highest BCUT2D eigenvalue weighted by Gasteiger charge is 2.75. The molecule has 2 heteroatoms. The van der Waals surface area contributed by atoms with Gasteiger partial charge in [0.2, 0.25) is 0 Å². The van der Waals surface area contributed by atoms with Crippen molar-refractivity contribution < 1.29 is 0 Å². The molecule has 0 heterocycles. The van der Waals surface area contributed by atoms with Crippen LogP contribution in [-0.4, -0.2) is 8.65 Å². The molecule has 7 saturated carbocycles. The highest BCUT2D eigenvalue weighted by Crippen LogP contribution is 2.78. The van der Waals surface area contributed by atoms with Crippen molar-refractivity contribution in [2.24, 2.45) is 35.5 Å². The third kappa shape index (κ3) is 0.811. The molecule has 0 saturated heterocycles. The van der Waals surface area contributed by atoms with Crippen LogP contribution in [-0.2, 0) is 0 Å². The lowest BCUT2D eigenvalue weighted by Gasteiger charge is -2.76. The van der Waals surface area contributed by atoms with Gasteiger partial charge in [0.1, 0.15) is 0 Å². The van der Waals surface area contributed by atoms with Gasteiger partial charge < -0.3 is 0 Å². The fourth-order valence-corrected chi connectivity index (χ4v) is 9.67. The van der Waals surface area contributed by atoms with Crippen LogP contribution in [0.15, 0.2) is 0 Å². The molecule has 8 bridgehead atoms. The van der Waals surface area contributed by atoms with E-state index < -0.39 is 0 Å². The molecule has 0 aliphatic heterocycles. The molecule has 0 radical (unpaired) electrons. The van der Waals surface area contributed by atoms with Crippen molar-refractivity contribution in [3.8, 4) is 0 Å². The summed E-state index contributed by atoms with van der Waals surface area (Å²) >= 11 is 8.52. The molecule has 0 spiro atoms. The monoisotopic (exact) mass is 344 g/mol. The lowest BCUT2D eigenvalue weighted by atomic mass is 9.35. The van der Waals surface area contributed by atoms with Crippen LogP contribution >= 0.6 is 31.9 Å². The Labute approximate surface area is 114 Å². The van der Waals surface area contributed by atoms with Crippen molar-refractivity contribution >= 4 is 31.9 Å². The van der Waals surface area contributed by atoms with E-state index in [1.165, 1.54) is 12.8 Å². The zero-order valence-corrected chi connectivity index (χ0v) is 12.6. The second kappa shape index (κ2) is 2.61. The standard InChI is InChI=1S/C14H18Br2/c15-13-5-7-1-9-10-2-8(4-11(9)13)6-14(13,16)12(10)3-7/h7-12H,1-6H2. The van der Waals surface area contributed by atoms with Crippen molar-refractivity contribution in [2.45, 2.75) is 47.2 Å². The molecule has 16 heavy (non-hydrogen) atoms. The summed E-state index contributed by atoms with van der Waals surface area (Å²) < 4.78 is 0.980. The normalized spacial score (nSPS) is 73.9. The van der Waals surface area contributed by atoms with E-state index >= 15 is 0 Å². The summed E-state index contributed by atoms with van der Waals surface area (Å²) in [7, 11) is 0. The van der Waals surface area contributed by atoms with Gasteiger partial charge in [-0.1, -0.05) is 31.9 Å². The van der Waals surface area contributed by atoms with E-state index in [2.05, 4.69) is 31.9 Å². The Morgan fingerprint density at radius 1 is 0.688 bits per heavy atom. The molecule has 7 rings (SSSR count). The SMILES string of the molecule is BrC12CC3CC4C5CC(CC41)CC2(Br)C5C3. The smallest absolute Gasteiger partial charge is 0.0447 e. The zero-order valence-electron chi connectivity index (χ0n) is 9.46. The first-order valence-electron chi connectivity index (χ1n) is 6.99. The molecule has 0 aromatic carbocycles. The average molecular weight is 346 g/mol. The minimum atomic E-state index is 0.490. The van der Waals surface area contributed by atoms with E-state index in [0.717, 1.165) is 35.5 Å². The van der Waals surface area contributed by atoms with Gasteiger partial charge in [0.05, 0.1) is 0 Å². The van der Waals surface area contributed by atoms with Crippen LogP contribution in [0.4, 0.5) is 0 Å². The minimum Gasteiger partial charge on any atom is -0.0835 e. The molecule has 8 atom stereocenters. The third-order valence-corrected chi connectivity index (χ3v) is 10.8. The molecule has 0 N–H and O–H groups in total. The Hall–Kier alpha value is 0.960. The summed E-state index contributed by atoms with van der Waals surface area (Å²) in [6.45, 7) is 0. The predicted octanol–water partition coefficient (Wildman–Crippen LogP) is 4.36. The van der Waals surface area contributed by atoms with Gasteiger partial charge in [-0.25, -0.2) is 0 Å². The fraction of sp³-hybridized carbons (Fsp3) is 1.00. The van der Waals surface area contributed by atoms with Crippen molar-refractivity contribution in [3.05, 3.63) is 0 Å². The summed E-state index contributed by atoms with van der Waals surface area (Å²) in [6.07, 6.45) is 9.17. The maximum Gasteiger partial charge on any atom is 0.0447 e. The first-order valence-corrected chi connectivity index (χ1v) is 8.58. The fourth-order valence-electron chi connectivity index (χ4n) is 6.79. The lowest BCUT2D eigenvalue weighted by molar-refractivity contribution is -0.166. The molecule has 0 aromatic rings. The lowest BCUT2D eigenvalue weighted by Crippen LogP contribution is -2.75. The van der Waals surface area contributed by atoms with E-state index in [0.29, 0.717) is 8.65 Å². The summed E-state index contributed by atoms with van der Waals surface area (Å²) in [5.74, 6) is 6.33. The van der Waals surface area contributed by atoms with Crippen LogP contribution in [0.5, 0.6) is 0 Å². The number of rotatable bonds is 0. The highest BCUT2D eigenvalue weighted by molar-refractivity contribution is 9.13. The number of hydrogen-bond donors (Lipinski definition) is 0. The van der Waals surface area contributed by atoms with Crippen molar-refractivity contribution in [3.63, 3.8) is 0 Å². The first kappa shape index (κ1) is 9.83. The summed E-state index contributed by atoms with van der Waals surface area (Å²) in [5, 5.41) is 0. The predicted molar refractivity (Wildman–Crippen MR) is 72.0 cm³/mol. The van der Waals surface area contributed by atoms with Gasteiger partial charge in [0.15, 0.2) is 0 Å². The molecule has 0 aromatic heterocycles. The molecule has 0 nitrogen and oxygen atoms in total. The molecular weight excluding hydrogens is 328 g/mol. The molecule has 7 aliphatic rings. The zero-order chi connectivity index (χ0) is 10.7. The topological polar surface area (TPSA) is 0 Å². The maximum atomic E-state index is 4.26. The highest BCUT2D eigenvalue weighted by atomic mass is 79.9. The number of halogens is 2. The summed E-state index contributed by atoms with van der Waals surface area (Å²) in [6, 6.07) is 0. The molecule has 8 unspecified atom stereocenters. The van der Waals surface area contributed by atoms with Gasteiger partial charge in [-0.2, -0.15) is 0 Å². The van der Waals surface area contributed by atoms with Gasteiger partial charge in [-0.15, -0.1) is 0 Å². The van der Waals surface area contributed by atoms with E-state index in [1.807, 2.05) is 0 Å². The molecular formula is C14H18Br2. The molecule has 0 amide bonds. The Bertz CT molecular complexity index is 345. The van der Waals surface area contributed by atoms with Crippen LogP contribution in [0.2, 0.25) is 0 Å². The van der Waals surface area contributed by atoms with E-state index in [-0.39, 0.29) is 0 Å². The van der Waals surface area contributed by atoms with Gasteiger partial charge in [-0.05, 0) is 74.0 Å². The van der Waals surface area contributed by atoms with Gasteiger partial charge in [0, 0.05) is 8.65 Å². The van der Waals surface area contributed by atoms with Crippen molar-refractivity contribution in [2.75, 3.05) is 0 Å². The van der Waals surface area contributed by atoms with Crippen molar-refractivity contribution in [1.29, 1.82) is 0 Å². The largest absolute Gasteiger partial charge is 0.0835 e. The number of alkyl halides is 2. The van der Waals surface area contributed by atoms with Crippen LogP contribution < -0.4 is 0 Å². The average Bonchev–Trinajstić information content (AvgIpc) is 2.25. The third-order valence-electron chi connectivity index (χ3n) is 7.01. The molecule has 7 aliphatic carbocycles. The van der Waals surface area contributed by atoms with Crippen LogP contribution in [0.1, 0.15) is 38.5 Å². The van der Waals surface area contributed by atoms with E-state index in [4.69, 9.17) is 0 Å². The Morgan fingerprint density at radius 2 is 1.12 bits per heavy atom. The maximum absolute atomic E-state index is 4.26. The van der Waals surface area contributed by atoms with Crippen LogP contribution in [0.25, 0.3) is 0 Å². The second-order valence-corrected chi connectivity index (χ2v) is 10.2. The molecule has 7 fully saturated rings. The van der Waals surface area contributed by atoms with Gasteiger partial charge >= 0.3 is 0 Å². The second-order valence-electron chi connectivity index (χ2n) is 7.35. The quantitative estimate of drug-likeness (QED) is 0.572. The van der Waals surface area contributed by atoms with Crippen molar-refractivity contribution in [1.82, 2.24) is 0 Å². The van der Waals surface area contributed by atoms with Crippen LogP contribution in [0, 0.1) is 35.5 Å². The summed E-state index contributed by atoms with van der Waals surface area (Å²) in [5.41, 5.74) is 0. The Morgan fingerprint density at radius 3 is 1.56 bits per heavy atom. The minimum absolute atomic E-state index is 0.490. The van der Waals surface area contributed by atoms with Gasteiger partial charge in [-0.3, -0.25) is 0 Å². The Kier molecular flexibility index (Phi) is 1.61. The van der Waals surface area contributed by atoms with E-state index in [1.54, 1.807) is 25.7 Å². The summed E-state index contributed by atoms with van der Waals surface area (Å²) in [4.78, 5) is 0. The van der Waals surface area contributed by atoms with Gasteiger partial charge in [0.25, 0.3) is 0 Å².